The van der Waals surface area contributed by atoms with E-state index in [1.165, 1.54) is 0 Å². The number of halogens is 1. The third-order valence-electron chi connectivity index (χ3n) is 3.78. The maximum absolute atomic E-state index is 12.4. The molecule has 1 aromatic heterocycles. The minimum absolute atomic E-state index is 0.0451. The topological polar surface area (TPSA) is 57.2 Å². The number of hydrogen-bond acceptors (Lipinski definition) is 3. The Morgan fingerprint density at radius 2 is 2.00 bits per heavy atom. The van der Waals surface area contributed by atoms with Crippen LogP contribution in [-0.2, 0) is 6.54 Å². The summed E-state index contributed by atoms with van der Waals surface area (Å²) in [6, 6.07) is 12.7. The molecule has 5 heteroatoms. The summed E-state index contributed by atoms with van der Waals surface area (Å²) in [6.07, 6.45) is 1.76. The van der Waals surface area contributed by atoms with E-state index in [1.54, 1.807) is 29.0 Å². The van der Waals surface area contributed by atoms with E-state index in [0.29, 0.717) is 23.6 Å². The molecule has 0 atom stereocenters. The van der Waals surface area contributed by atoms with E-state index in [-0.39, 0.29) is 5.56 Å². The molecule has 23 heavy (non-hydrogen) atoms. The average molecular weight is 329 g/mol. The van der Waals surface area contributed by atoms with Gasteiger partial charge in [-0.15, -0.1) is 0 Å². The van der Waals surface area contributed by atoms with Crippen LogP contribution in [0.4, 0.5) is 5.69 Å². The second-order valence-electron chi connectivity index (χ2n) is 5.41. The van der Waals surface area contributed by atoms with Crippen LogP contribution in [0.3, 0.4) is 0 Å². The molecular formula is C18H17ClN2O2. The molecule has 0 bridgehead atoms. The Morgan fingerprint density at radius 3 is 2.78 bits per heavy atom. The molecule has 3 rings (SSSR count). The zero-order valence-corrected chi connectivity index (χ0v) is 13.5. The number of nitrogens with zero attached hydrogens (tertiary/aromatic N) is 1. The molecule has 0 aliphatic carbocycles. The monoisotopic (exact) mass is 328 g/mol. The molecule has 0 aliphatic rings. The maximum Gasteiger partial charge on any atom is 0.258 e. The quantitative estimate of drug-likeness (QED) is 0.744. The first-order valence-electron chi connectivity index (χ1n) is 7.32. The number of nitrogen functional groups attached to an aromatic ring is 1. The van der Waals surface area contributed by atoms with Crippen LogP contribution in [0.1, 0.15) is 5.56 Å². The van der Waals surface area contributed by atoms with E-state index >= 15 is 0 Å². The first-order chi connectivity index (χ1) is 11.0. The zero-order chi connectivity index (χ0) is 16.4. The lowest BCUT2D eigenvalue weighted by Crippen LogP contribution is -2.22. The molecule has 118 valence electrons. The largest absolute Gasteiger partial charge is 0.492 e. The summed E-state index contributed by atoms with van der Waals surface area (Å²) in [4.78, 5) is 12.4. The fourth-order valence-electron chi connectivity index (χ4n) is 2.43. The highest BCUT2D eigenvalue weighted by molar-refractivity contribution is 6.31. The van der Waals surface area contributed by atoms with Crippen molar-refractivity contribution in [3.63, 3.8) is 0 Å². The van der Waals surface area contributed by atoms with Gasteiger partial charge in [-0.2, -0.15) is 0 Å². The standard InChI is InChI=1S/C18H17ClN2O2/c1-12-10-15(3-5-17(12)20)23-9-8-21-7-6-13-11-14(19)2-4-16(13)18(21)22/h2-7,10-11H,8-9,20H2,1H3. The Balaban J connectivity index is 1.74. The summed E-state index contributed by atoms with van der Waals surface area (Å²) >= 11 is 5.95. The first-order valence-corrected chi connectivity index (χ1v) is 7.70. The third-order valence-corrected chi connectivity index (χ3v) is 4.02. The van der Waals surface area contributed by atoms with E-state index in [1.807, 2.05) is 31.2 Å². The van der Waals surface area contributed by atoms with Gasteiger partial charge in [0.05, 0.1) is 6.54 Å². The van der Waals surface area contributed by atoms with Crippen molar-refractivity contribution < 1.29 is 4.74 Å². The van der Waals surface area contributed by atoms with Crippen LogP contribution >= 0.6 is 11.6 Å². The van der Waals surface area contributed by atoms with Crippen LogP contribution in [0.15, 0.2) is 53.5 Å². The van der Waals surface area contributed by atoms with E-state index < -0.39 is 0 Å². The number of aryl methyl sites for hydroxylation is 1. The lowest BCUT2D eigenvalue weighted by molar-refractivity contribution is 0.296. The number of benzene rings is 2. The molecule has 2 N–H and O–H groups in total. The molecule has 0 aliphatic heterocycles. The van der Waals surface area contributed by atoms with Gasteiger partial charge < -0.3 is 15.0 Å². The maximum atomic E-state index is 12.4. The summed E-state index contributed by atoms with van der Waals surface area (Å²) in [5.41, 5.74) is 7.45. The first kappa shape index (κ1) is 15.4. The highest BCUT2D eigenvalue weighted by Crippen LogP contribution is 2.19. The number of pyridine rings is 1. The number of fused-ring (bicyclic) bond motifs is 1. The zero-order valence-electron chi connectivity index (χ0n) is 12.8. The van der Waals surface area contributed by atoms with Gasteiger partial charge in [0.25, 0.3) is 5.56 Å². The summed E-state index contributed by atoms with van der Waals surface area (Å²) in [6.45, 7) is 2.81. The van der Waals surface area contributed by atoms with Crippen molar-refractivity contribution in [3.05, 3.63) is 69.6 Å². The number of anilines is 1. The van der Waals surface area contributed by atoms with Gasteiger partial charge in [-0.3, -0.25) is 4.79 Å². The molecular weight excluding hydrogens is 312 g/mol. The molecule has 0 saturated heterocycles. The fourth-order valence-corrected chi connectivity index (χ4v) is 2.62. The highest BCUT2D eigenvalue weighted by atomic mass is 35.5. The fraction of sp³-hybridized carbons (Fsp3) is 0.167. The summed E-state index contributed by atoms with van der Waals surface area (Å²) in [7, 11) is 0. The Morgan fingerprint density at radius 1 is 1.17 bits per heavy atom. The van der Waals surface area contributed by atoms with Crippen LogP contribution in [0, 0.1) is 6.92 Å². The average Bonchev–Trinajstić information content (AvgIpc) is 2.53. The molecule has 1 heterocycles. The summed E-state index contributed by atoms with van der Waals surface area (Å²) < 4.78 is 7.33. The Hall–Kier alpha value is -2.46. The molecule has 3 aromatic rings. The summed E-state index contributed by atoms with van der Waals surface area (Å²) in [5.74, 6) is 0.748. The van der Waals surface area contributed by atoms with Crippen molar-refractivity contribution in [2.45, 2.75) is 13.5 Å². The minimum Gasteiger partial charge on any atom is -0.492 e. The van der Waals surface area contributed by atoms with Gasteiger partial charge in [-0.25, -0.2) is 0 Å². The van der Waals surface area contributed by atoms with E-state index in [9.17, 15) is 4.79 Å². The van der Waals surface area contributed by atoms with Crippen molar-refractivity contribution >= 4 is 28.1 Å². The molecule has 0 saturated carbocycles. The molecule has 0 radical (unpaired) electrons. The van der Waals surface area contributed by atoms with Crippen molar-refractivity contribution in [1.82, 2.24) is 4.57 Å². The Kier molecular flexibility index (Phi) is 4.26. The van der Waals surface area contributed by atoms with Crippen LogP contribution < -0.4 is 16.0 Å². The van der Waals surface area contributed by atoms with Crippen LogP contribution in [0.5, 0.6) is 5.75 Å². The van der Waals surface area contributed by atoms with Gasteiger partial charge in [-0.1, -0.05) is 11.6 Å². The van der Waals surface area contributed by atoms with Gasteiger partial charge in [0, 0.05) is 22.3 Å². The van der Waals surface area contributed by atoms with Crippen LogP contribution in [0.25, 0.3) is 10.8 Å². The molecule has 0 spiro atoms. The van der Waals surface area contributed by atoms with Crippen LogP contribution in [0.2, 0.25) is 5.02 Å². The van der Waals surface area contributed by atoms with Gasteiger partial charge >= 0.3 is 0 Å². The highest BCUT2D eigenvalue weighted by Gasteiger charge is 2.04. The second kappa shape index (κ2) is 6.34. The van der Waals surface area contributed by atoms with Gasteiger partial charge in [0.2, 0.25) is 0 Å². The number of hydrogen-bond donors (Lipinski definition) is 1. The normalized spacial score (nSPS) is 10.9. The van der Waals surface area contributed by atoms with Crippen LogP contribution in [-0.4, -0.2) is 11.2 Å². The predicted molar refractivity (Wildman–Crippen MR) is 94.3 cm³/mol. The molecule has 0 amide bonds. The Labute approximate surface area is 139 Å². The summed E-state index contributed by atoms with van der Waals surface area (Å²) in [5, 5.41) is 2.12. The molecule has 0 fully saturated rings. The number of aromatic nitrogens is 1. The Bertz CT molecular complexity index is 919. The molecule has 2 aromatic carbocycles. The van der Waals surface area contributed by atoms with E-state index in [0.717, 1.165) is 22.4 Å². The molecule has 0 unspecified atom stereocenters. The van der Waals surface area contributed by atoms with E-state index in [2.05, 4.69) is 0 Å². The SMILES string of the molecule is Cc1cc(OCCn2ccc3cc(Cl)ccc3c2=O)ccc1N. The van der Waals surface area contributed by atoms with Crippen molar-refractivity contribution in [2.75, 3.05) is 12.3 Å². The van der Waals surface area contributed by atoms with Gasteiger partial charge in [-0.05, 0) is 60.3 Å². The van der Waals surface area contributed by atoms with Crippen molar-refractivity contribution in [2.24, 2.45) is 0 Å². The number of nitrogens with two attached hydrogens (primary N) is 1. The predicted octanol–water partition coefficient (Wildman–Crippen LogP) is 3.62. The number of ether oxygens (including phenoxy) is 1. The van der Waals surface area contributed by atoms with Gasteiger partial charge in [0.15, 0.2) is 0 Å². The van der Waals surface area contributed by atoms with Gasteiger partial charge in [0.1, 0.15) is 12.4 Å². The van der Waals surface area contributed by atoms with E-state index in [4.69, 9.17) is 22.1 Å². The second-order valence-corrected chi connectivity index (χ2v) is 5.85. The lowest BCUT2D eigenvalue weighted by Gasteiger charge is -2.10. The van der Waals surface area contributed by atoms with Crippen molar-refractivity contribution in [3.8, 4) is 5.75 Å². The smallest absolute Gasteiger partial charge is 0.258 e. The number of rotatable bonds is 4. The van der Waals surface area contributed by atoms with Crippen molar-refractivity contribution in [1.29, 1.82) is 0 Å². The third kappa shape index (κ3) is 3.32. The lowest BCUT2D eigenvalue weighted by atomic mass is 10.2. The molecule has 4 nitrogen and oxygen atoms in total. The minimum atomic E-state index is -0.0451.